The molecular formula is C28H36ClN3O3. The molecule has 2 aliphatic rings. The number of hydrogen-bond acceptors (Lipinski definition) is 4. The van der Waals surface area contributed by atoms with Gasteiger partial charge in [0.25, 0.3) is 5.91 Å². The van der Waals surface area contributed by atoms with Crippen LogP contribution in [0.15, 0.2) is 48.8 Å². The highest BCUT2D eigenvalue weighted by atomic mass is 35.5. The van der Waals surface area contributed by atoms with Gasteiger partial charge in [-0.15, -0.1) is 0 Å². The molecule has 35 heavy (non-hydrogen) atoms. The maximum atomic E-state index is 13.0. The number of aliphatic hydroxyl groups excluding tert-OH is 1. The molecule has 7 heteroatoms. The zero-order chi connectivity index (χ0) is 25.2. The standard InChI is InChI=1S/C28H36ClN3O3/c1-17(26(34)31-16-20-6-4-5-7-22(20)29)21-8-12-28(3)13-9-23(18(2)24(28)25(21)33)32-27(35)19-10-14-30-15-11-19/h4-7,10-11,14-15,17-18,21,23-25,33H,8-9,12-13,16H2,1-3H3,(H,31,34)(H,32,35)/t17-,18+,21-,23-,24+,25-,28-/m0/s1. The molecular weight excluding hydrogens is 462 g/mol. The summed E-state index contributed by atoms with van der Waals surface area (Å²) in [7, 11) is 0. The van der Waals surface area contributed by atoms with Gasteiger partial charge in [-0.2, -0.15) is 0 Å². The predicted octanol–water partition coefficient (Wildman–Crippen LogP) is 4.61. The number of nitrogens with one attached hydrogen (secondary N) is 2. The highest BCUT2D eigenvalue weighted by Crippen LogP contribution is 2.55. The van der Waals surface area contributed by atoms with E-state index in [1.807, 2.05) is 31.2 Å². The van der Waals surface area contributed by atoms with Gasteiger partial charge in [0.2, 0.25) is 5.91 Å². The van der Waals surface area contributed by atoms with Gasteiger partial charge in [-0.1, -0.05) is 50.6 Å². The third-order valence-electron chi connectivity index (χ3n) is 8.61. The van der Waals surface area contributed by atoms with Crippen molar-refractivity contribution in [3.05, 3.63) is 64.9 Å². The Bertz CT molecular complexity index is 1050. The van der Waals surface area contributed by atoms with Crippen molar-refractivity contribution in [2.75, 3.05) is 0 Å². The van der Waals surface area contributed by atoms with Gasteiger partial charge in [0.15, 0.2) is 0 Å². The summed E-state index contributed by atoms with van der Waals surface area (Å²) in [6.45, 7) is 6.67. The molecule has 0 unspecified atom stereocenters. The van der Waals surface area contributed by atoms with Crippen molar-refractivity contribution >= 4 is 23.4 Å². The zero-order valence-electron chi connectivity index (χ0n) is 20.7. The van der Waals surface area contributed by atoms with Crippen LogP contribution in [-0.2, 0) is 11.3 Å². The Hall–Kier alpha value is -2.44. The first kappa shape index (κ1) is 25.6. The van der Waals surface area contributed by atoms with Crippen LogP contribution in [0.25, 0.3) is 0 Å². The van der Waals surface area contributed by atoms with Crippen LogP contribution >= 0.6 is 11.6 Å². The number of rotatable bonds is 6. The smallest absolute Gasteiger partial charge is 0.251 e. The van der Waals surface area contributed by atoms with Crippen molar-refractivity contribution in [3.63, 3.8) is 0 Å². The first-order chi connectivity index (χ1) is 16.7. The maximum Gasteiger partial charge on any atom is 0.251 e. The molecule has 2 fully saturated rings. The monoisotopic (exact) mass is 497 g/mol. The molecule has 7 atom stereocenters. The van der Waals surface area contributed by atoms with E-state index in [2.05, 4.69) is 29.5 Å². The minimum absolute atomic E-state index is 0.000980. The predicted molar refractivity (Wildman–Crippen MR) is 137 cm³/mol. The zero-order valence-corrected chi connectivity index (χ0v) is 21.5. The molecule has 1 aromatic heterocycles. The number of carbonyl (C=O) groups is 2. The van der Waals surface area contributed by atoms with Crippen molar-refractivity contribution in [3.8, 4) is 0 Å². The van der Waals surface area contributed by atoms with Gasteiger partial charge in [-0.25, -0.2) is 0 Å². The third-order valence-corrected chi connectivity index (χ3v) is 8.98. The lowest BCUT2D eigenvalue weighted by molar-refractivity contribution is -0.142. The van der Waals surface area contributed by atoms with Gasteiger partial charge in [0, 0.05) is 41.5 Å². The third kappa shape index (κ3) is 5.39. The van der Waals surface area contributed by atoms with Gasteiger partial charge in [-0.3, -0.25) is 14.6 Å². The molecule has 6 nitrogen and oxygen atoms in total. The maximum absolute atomic E-state index is 13.0. The molecule has 2 amide bonds. The van der Waals surface area contributed by atoms with Crippen LogP contribution in [0.1, 0.15) is 62.4 Å². The van der Waals surface area contributed by atoms with E-state index in [1.165, 1.54) is 0 Å². The van der Waals surface area contributed by atoms with E-state index in [-0.39, 0.29) is 46.9 Å². The van der Waals surface area contributed by atoms with Crippen LogP contribution in [-0.4, -0.2) is 34.1 Å². The number of hydrogen-bond donors (Lipinski definition) is 3. The molecule has 0 aliphatic heterocycles. The molecule has 0 bridgehead atoms. The fraction of sp³-hybridized carbons (Fsp3) is 0.536. The van der Waals surface area contributed by atoms with E-state index in [9.17, 15) is 14.7 Å². The fourth-order valence-corrected chi connectivity index (χ4v) is 6.63. The molecule has 1 heterocycles. The number of aliphatic hydroxyl groups is 1. The second-order valence-electron chi connectivity index (χ2n) is 10.7. The highest BCUT2D eigenvalue weighted by molar-refractivity contribution is 6.31. The number of pyridine rings is 1. The van der Waals surface area contributed by atoms with E-state index in [0.717, 1.165) is 31.2 Å². The number of nitrogens with zero attached hydrogens (tertiary/aromatic N) is 1. The Morgan fingerprint density at radius 3 is 2.57 bits per heavy atom. The molecule has 0 saturated heterocycles. The van der Waals surface area contributed by atoms with E-state index < -0.39 is 6.10 Å². The Labute approximate surface area is 212 Å². The summed E-state index contributed by atoms with van der Waals surface area (Å²) in [5, 5.41) is 18.4. The molecule has 188 valence electrons. The van der Waals surface area contributed by atoms with Crippen LogP contribution in [0.3, 0.4) is 0 Å². The van der Waals surface area contributed by atoms with Crippen LogP contribution in [0.2, 0.25) is 5.02 Å². The van der Waals surface area contributed by atoms with Crippen molar-refractivity contribution in [2.45, 2.75) is 65.1 Å². The van der Waals surface area contributed by atoms with Crippen LogP contribution in [0.4, 0.5) is 0 Å². The molecule has 0 radical (unpaired) electrons. The largest absolute Gasteiger partial charge is 0.392 e. The molecule has 3 N–H and O–H groups in total. The topological polar surface area (TPSA) is 91.3 Å². The number of benzene rings is 1. The lowest BCUT2D eigenvalue weighted by Crippen LogP contribution is -2.58. The molecule has 2 aliphatic carbocycles. The van der Waals surface area contributed by atoms with E-state index in [0.29, 0.717) is 17.1 Å². The number of carbonyl (C=O) groups excluding carboxylic acids is 2. The normalized spacial score (nSPS) is 31.2. The summed E-state index contributed by atoms with van der Waals surface area (Å²) < 4.78 is 0. The van der Waals surface area contributed by atoms with Crippen LogP contribution in [0, 0.1) is 29.1 Å². The molecule has 0 spiro atoms. The van der Waals surface area contributed by atoms with Crippen molar-refractivity contribution in [2.24, 2.45) is 29.1 Å². The minimum atomic E-state index is -0.606. The summed E-state index contributed by atoms with van der Waals surface area (Å²) in [6.07, 6.45) is 6.24. The molecule has 2 aromatic rings. The van der Waals surface area contributed by atoms with Crippen molar-refractivity contribution in [1.29, 1.82) is 0 Å². The molecule has 2 saturated carbocycles. The summed E-state index contributed by atoms with van der Waals surface area (Å²) in [5.41, 5.74) is 1.47. The van der Waals surface area contributed by atoms with Gasteiger partial charge in [0.05, 0.1) is 6.10 Å². The Morgan fingerprint density at radius 2 is 1.86 bits per heavy atom. The van der Waals surface area contributed by atoms with Gasteiger partial charge >= 0.3 is 0 Å². The summed E-state index contributed by atoms with van der Waals surface area (Å²) in [4.78, 5) is 29.8. The van der Waals surface area contributed by atoms with Crippen molar-refractivity contribution in [1.82, 2.24) is 15.6 Å². The van der Waals surface area contributed by atoms with Crippen LogP contribution in [0.5, 0.6) is 0 Å². The average Bonchev–Trinajstić information content (AvgIpc) is 2.85. The lowest BCUT2D eigenvalue weighted by Gasteiger charge is -2.56. The van der Waals surface area contributed by atoms with E-state index in [1.54, 1.807) is 24.5 Å². The molecule has 1 aromatic carbocycles. The van der Waals surface area contributed by atoms with E-state index in [4.69, 9.17) is 11.6 Å². The van der Waals surface area contributed by atoms with Crippen molar-refractivity contribution < 1.29 is 14.7 Å². The highest BCUT2D eigenvalue weighted by Gasteiger charge is 2.53. The minimum Gasteiger partial charge on any atom is -0.392 e. The summed E-state index contributed by atoms with van der Waals surface area (Å²) >= 11 is 6.23. The van der Waals surface area contributed by atoms with Gasteiger partial charge < -0.3 is 15.7 Å². The Balaban J connectivity index is 1.43. The summed E-state index contributed by atoms with van der Waals surface area (Å²) in [5.74, 6) is -0.523. The second kappa shape index (κ2) is 10.7. The molecule has 4 rings (SSSR count). The quantitative estimate of drug-likeness (QED) is 0.543. The van der Waals surface area contributed by atoms with Gasteiger partial charge in [-0.05, 0) is 72.6 Å². The number of fused-ring (bicyclic) bond motifs is 1. The van der Waals surface area contributed by atoms with Gasteiger partial charge in [0.1, 0.15) is 0 Å². The average molecular weight is 498 g/mol. The SMILES string of the molecule is C[C@H]1[C@@H]2[C@@H](O)[C@H]([C@H](C)C(=O)NCc3ccccc3Cl)CC[C@@]2(C)CC[C@@H]1NC(=O)c1ccncc1. The van der Waals surface area contributed by atoms with E-state index >= 15 is 0 Å². The Morgan fingerprint density at radius 1 is 1.17 bits per heavy atom. The Kier molecular flexibility index (Phi) is 7.82. The van der Waals surface area contributed by atoms with Crippen LogP contribution < -0.4 is 10.6 Å². The second-order valence-corrected chi connectivity index (χ2v) is 11.1. The number of amides is 2. The fourth-order valence-electron chi connectivity index (χ4n) is 6.43. The first-order valence-corrected chi connectivity index (χ1v) is 13.0. The number of halogens is 1. The lowest BCUT2D eigenvalue weighted by atomic mass is 9.51. The number of aromatic nitrogens is 1. The first-order valence-electron chi connectivity index (χ1n) is 12.6. The summed E-state index contributed by atoms with van der Waals surface area (Å²) in [6, 6.07) is 10.9.